The van der Waals surface area contributed by atoms with E-state index in [1.165, 1.54) is 38.5 Å². The largest absolute Gasteiger partial charge is 0.326 e. The van der Waals surface area contributed by atoms with Crippen LogP contribution < -0.4 is 11.3 Å². The molecule has 21 heavy (non-hydrogen) atoms. The van der Waals surface area contributed by atoms with Gasteiger partial charge in [-0.05, 0) is 55.3 Å². The molecule has 3 N–H and O–H groups in total. The Morgan fingerprint density at radius 2 is 1.90 bits per heavy atom. The van der Waals surface area contributed by atoms with Crippen LogP contribution >= 0.6 is 0 Å². The SMILES string of the molecule is CC12CC3CC(C)(C1)CC(c1ncc(CN)c(=O)[nH]1)(C3)C2. The average Bonchev–Trinajstić information content (AvgIpc) is 2.34. The van der Waals surface area contributed by atoms with Crippen LogP contribution in [0.25, 0.3) is 0 Å². The molecule has 1 aromatic heterocycles. The van der Waals surface area contributed by atoms with Crippen LogP contribution in [0.1, 0.15) is 63.8 Å². The Hall–Kier alpha value is -1.16. The first-order valence-corrected chi connectivity index (χ1v) is 8.14. The number of nitrogens with one attached hydrogen (secondary N) is 1. The van der Waals surface area contributed by atoms with Crippen molar-refractivity contribution in [2.24, 2.45) is 22.5 Å². The maximum absolute atomic E-state index is 12.1. The minimum atomic E-state index is -0.0476. The lowest BCUT2D eigenvalue weighted by molar-refractivity contribution is -0.112. The molecule has 0 aromatic carbocycles. The summed E-state index contributed by atoms with van der Waals surface area (Å²) in [6, 6.07) is 0. The van der Waals surface area contributed by atoms with Crippen LogP contribution in [0.15, 0.2) is 11.0 Å². The average molecular weight is 287 g/mol. The number of H-pyrrole nitrogens is 1. The zero-order valence-corrected chi connectivity index (χ0v) is 13.0. The zero-order chi connectivity index (χ0) is 14.9. The lowest BCUT2D eigenvalue weighted by Gasteiger charge is -2.64. The van der Waals surface area contributed by atoms with E-state index in [0.717, 1.165) is 11.7 Å². The number of hydrogen-bond donors (Lipinski definition) is 2. The lowest BCUT2D eigenvalue weighted by Crippen LogP contribution is -2.57. The molecule has 4 saturated carbocycles. The molecule has 0 aliphatic heterocycles. The summed E-state index contributed by atoms with van der Waals surface area (Å²) in [5.74, 6) is 1.72. The fourth-order valence-electron chi connectivity index (χ4n) is 6.55. The van der Waals surface area contributed by atoms with E-state index >= 15 is 0 Å². The van der Waals surface area contributed by atoms with Crippen LogP contribution in [0.2, 0.25) is 0 Å². The summed E-state index contributed by atoms with van der Waals surface area (Å²) in [4.78, 5) is 19.8. The third-order valence-electron chi connectivity index (χ3n) is 6.22. The van der Waals surface area contributed by atoms with Crippen molar-refractivity contribution in [1.82, 2.24) is 9.97 Å². The standard InChI is InChI=1S/C17H25N3O/c1-15-3-11-4-16(2,8-15)10-17(5-11,9-15)14-19-7-12(6-18)13(21)20-14/h7,11H,3-6,8-10,18H2,1-2H3,(H,19,20,21). The molecule has 0 spiro atoms. The first kappa shape index (κ1) is 13.5. The number of aromatic amines is 1. The molecule has 0 saturated heterocycles. The van der Waals surface area contributed by atoms with Crippen molar-refractivity contribution in [1.29, 1.82) is 0 Å². The molecule has 0 radical (unpaired) electrons. The van der Waals surface area contributed by atoms with Gasteiger partial charge < -0.3 is 10.7 Å². The van der Waals surface area contributed by atoms with Crippen LogP contribution in [-0.4, -0.2) is 9.97 Å². The van der Waals surface area contributed by atoms with E-state index in [-0.39, 0.29) is 17.5 Å². The van der Waals surface area contributed by atoms with Crippen LogP contribution in [-0.2, 0) is 12.0 Å². The minimum Gasteiger partial charge on any atom is -0.326 e. The molecule has 1 heterocycles. The summed E-state index contributed by atoms with van der Waals surface area (Å²) in [6.45, 7) is 5.14. The Bertz CT molecular complexity index is 632. The molecule has 4 aliphatic rings. The molecule has 4 heteroatoms. The number of nitrogens with zero attached hydrogens (tertiary/aromatic N) is 1. The highest BCUT2D eigenvalue weighted by Crippen LogP contribution is 2.69. The van der Waals surface area contributed by atoms with Gasteiger partial charge in [0, 0.05) is 23.7 Å². The van der Waals surface area contributed by atoms with Gasteiger partial charge in [0.15, 0.2) is 0 Å². The van der Waals surface area contributed by atoms with Gasteiger partial charge in [-0.2, -0.15) is 0 Å². The van der Waals surface area contributed by atoms with E-state index in [2.05, 4.69) is 23.8 Å². The van der Waals surface area contributed by atoms with Crippen molar-refractivity contribution in [2.75, 3.05) is 0 Å². The summed E-state index contributed by atoms with van der Waals surface area (Å²) in [7, 11) is 0. The second kappa shape index (κ2) is 3.97. The topological polar surface area (TPSA) is 71.8 Å². The normalized spacial score (nSPS) is 44.2. The highest BCUT2D eigenvalue weighted by molar-refractivity contribution is 5.22. The first-order valence-electron chi connectivity index (χ1n) is 8.14. The predicted molar refractivity (Wildman–Crippen MR) is 81.8 cm³/mol. The molecule has 4 bridgehead atoms. The molecule has 2 atom stereocenters. The van der Waals surface area contributed by atoms with Gasteiger partial charge in [0.2, 0.25) is 0 Å². The van der Waals surface area contributed by atoms with Crippen molar-refractivity contribution >= 4 is 0 Å². The van der Waals surface area contributed by atoms with Crippen molar-refractivity contribution in [2.45, 2.75) is 64.3 Å². The van der Waals surface area contributed by atoms with Crippen molar-refractivity contribution < 1.29 is 0 Å². The number of rotatable bonds is 2. The van der Waals surface area contributed by atoms with Crippen LogP contribution in [0.5, 0.6) is 0 Å². The summed E-state index contributed by atoms with van der Waals surface area (Å²) in [6.07, 6.45) is 9.29. The number of hydrogen-bond acceptors (Lipinski definition) is 3. The molecular formula is C17H25N3O. The van der Waals surface area contributed by atoms with E-state index in [0.29, 0.717) is 16.4 Å². The van der Waals surface area contributed by atoms with E-state index in [1.807, 2.05) is 0 Å². The molecule has 1 aromatic rings. The van der Waals surface area contributed by atoms with Crippen LogP contribution in [0.4, 0.5) is 0 Å². The molecule has 4 fully saturated rings. The quantitative estimate of drug-likeness (QED) is 0.877. The Labute approximate surface area is 125 Å². The predicted octanol–water partition coefficient (Wildman–Crippen LogP) is 2.48. The summed E-state index contributed by atoms with van der Waals surface area (Å²) in [5, 5.41) is 0. The highest BCUT2D eigenvalue weighted by Gasteiger charge is 2.61. The second-order valence-electron chi connectivity index (χ2n) is 8.70. The molecular weight excluding hydrogens is 262 g/mol. The van der Waals surface area contributed by atoms with Gasteiger partial charge in [-0.15, -0.1) is 0 Å². The first-order chi connectivity index (χ1) is 9.85. The van der Waals surface area contributed by atoms with Gasteiger partial charge in [0.25, 0.3) is 5.56 Å². The van der Waals surface area contributed by atoms with E-state index in [9.17, 15) is 4.79 Å². The molecule has 4 aliphatic carbocycles. The van der Waals surface area contributed by atoms with E-state index < -0.39 is 0 Å². The van der Waals surface area contributed by atoms with Gasteiger partial charge in [-0.1, -0.05) is 13.8 Å². The second-order valence-corrected chi connectivity index (χ2v) is 8.70. The van der Waals surface area contributed by atoms with Gasteiger partial charge in [-0.25, -0.2) is 4.98 Å². The zero-order valence-electron chi connectivity index (χ0n) is 13.0. The minimum absolute atomic E-state index is 0.0476. The van der Waals surface area contributed by atoms with Crippen molar-refractivity contribution in [3.63, 3.8) is 0 Å². The molecule has 114 valence electrons. The van der Waals surface area contributed by atoms with Crippen LogP contribution in [0.3, 0.4) is 0 Å². The third-order valence-corrected chi connectivity index (χ3v) is 6.22. The molecule has 4 nitrogen and oxygen atoms in total. The fourth-order valence-corrected chi connectivity index (χ4v) is 6.55. The fraction of sp³-hybridized carbons (Fsp3) is 0.765. The molecule has 2 unspecified atom stereocenters. The Kier molecular flexibility index (Phi) is 2.56. The monoisotopic (exact) mass is 287 g/mol. The lowest BCUT2D eigenvalue weighted by atomic mass is 9.40. The summed E-state index contributed by atoms with van der Waals surface area (Å²) < 4.78 is 0. The van der Waals surface area contributed by atoms with E-state index in [1.54, 1.807) is 6.20 Å². The van der Waals surface area contributed by atoms with Gasteiger partial charge in [0.1, 0.15) is 5.82 Å². The Morgan fingerprint density at radius 3 is 2.43 bits per heavy atom. The maximum atomic E-state index is 12.1. The molecule has 0 amide bonds. The summed E-state index contributed by atoms with van der Waals surface area (Å²) in [5.41, 5.74) is 7.08. The molecule has 5 rings (SSSR count). The Balaban J connectivity index is 1.81. The highest BCUT2D eigenvalue weighted by atomic mass is 16.1. The van der Waals surface area contributed by atoms with Gasteiger partial charge >= 0.3 is 0 Å². The Morgan fingerprint density at radius 1 is 1.24 bits per heavy atom. The smallest absolute Gasteiger partial charge is 0.255 e. The number of aromatic nitrogens is 2. The van der Waals surface area contributed by atoms with Crippen molar-refractivity contribution in [3.05, 3.63) is 27.9 Å². The number of nitrogens with two attached hydrogens (primary N) is 1. The van der Waals surface area contributed by atoms with Gasteiger partial charge in [0.05, 0.1) is 0 Å². The van der Waals surface area contributed by atoms with Crippen LogP contribution in [0, 0.1) is 16.7 Å². The van der Waals surface area contributed by atoms with Gasteiger partial charge in [-0.3, -0.25) is 4.79 Å². The maximum Gasteiger partial charge on any atom is 0.255 e. The van der Waals surface area contributed by atoms with E-state index in [4.69, 9.17) is 5.73 Å². The summed E-state index contributed by atoms with van der Waals surface area (Å²) >= 11 is 0. The third kappa shape index (κ3) is 1.91. The van der Waals surface area contributed by atoms with Crippen molar-refractivity contribution in [3.8, 4) is 0 Å².